The van der Waals surface area contributed by atoms with Crippen molar-refractivity contribution < 1.29 is 13.7 Å². The Morgan fingerprint density at radius 1 is 1.44 bits per heavy atom. The quantitative estimate of drug-likeness (QED) is 0.832. The number of rotatable bonds is 2. The number of hydrogen-bond donors (Lipinski definition) is 0. The van der Waals surface area contributed by atoms with Crippen molar-refractivity contribution in [3.8, 4) is 11.4 Å². The molecule has 2 aromatic rings. The first-order chi connectivity index (χ1) is 8.74. The Kier molecular flexibility index (Phi) is 2.87. The maximum absolute atomic E-state index is 13.1. The molecule has 4 nitrogen and oxygen atoms in total. The highest BCUT2D eigenvalue weighted by Crippen LogP contribution is 2.29. The molecule has 0 aliphatic carbocycles. The lowest BCUT2D eigenvalue weighted by Crippen LogP contribution is -2.09. The summed E-state index contributed by atoms with van der Waals surface area (Å²) in [7, 11) is 0. The Bertz CT molecular complexity index is 599. The summed E-state index contributed by atoms with van der Waals surface area (Å²) in [6, 6.07) is 5.96. The van der Waals surface area contributed by atoms with Gasteiger partial charge in [0.2, 0.25) is 11.7 Å². The van der Waals surface area contributed by atoms with Gasteiger partial charge in [0.1, 0.15) is 11.7 Å². The summed E-state index contributed by atoms with van der Waals surface area (Å²) in [5.74, 6) is 1.23. The SMILES string of the molecule is O=C1CSCC1c1nc(-c2cccc(F)c2)no1. The predicted molar refractivity (Wildman–Crippen MR) is 64.8 cm³/mol. The van der Waals surface area contributed by atoms with Crippen LogP contribution in [0.3, 0.4) is 0 Å². The van der Waals surface area contributed by atoms with Gasteiger partial charge in [-0.05, 0) is 12.1 Å². The molecule has 1 atom stereocenters. The van der Waals surface area contributed by atoms with E-state index in [4.69, 9.17) is 4.52 Å². The molecule has 0 bridgehead atoms. The topological polar surface area (TPSA) is 56.0 Å². The highest BCUT2D eigenvalue weighted by Gasteiger charge is 2.31. The number of carbonyl (C=O) groups excluding carboxylic acids is 1. The van der Waals surface area contributed by atoms with Crippen LogP contribution in [0, 0.1) is 5.82 Å². The molecule has 0 radical (unpaired) electrons. The molecule has 2 heterocycles. The van der Waals surface area contributed by atoms with E-state index in [1.165, 1.54) is 12.1 Å². The molecule has 1 aliphatic rings. The zero-order valence-electron chi connectivity index (χ0n) is 9.30. The van der Waals surface area contributed by atoms with Crippen LogP contribution in [0.4, 0.5) is 4.39 Å². The lowest BCUT2D eigenvalue weighted by molar-refractivity contribution is -0.117. The first-order valence-corrected chi connectivity index (χ1v) is 6.59. The lowest BCUT2D eigenvalue weighted by Gasteiger charge is -1.97. The summed E-state index contributed by atoms with van der Waals surface area (Å²) in [6.07, 6.45) is 0. The van der Waals surface area contributed by atoms with Crippen molar-refractivity contribution in [3.05, 3.63) is 36.0 Å². The van der Waals surface area contributed by atoms with Crippen molar-refractivity contribution in [1.82, 2.24) is 10.1 Å². The second kappa shape index (κ2) is 4.53. The first kappa shape index (κ1) is 11.4. The maximum atomic E-state index is 13.1. The molecule has 1 fully saturated rings. The number of hydrogen-bond acceptors (Lipinski definition) is 5. The smallest absolute Gasteiger partial charge is 0.238 e. The third-order valence-electron chi connectivity index (χ3n) is 2.74. The molecule has 0 saturated carbocycles. The molecule has 92 valence electrons. The second-order valence-corrected chi connectivity index (χ2v) is 5.03. The number of benzene rings is 1. The Balaban J connectivity index is 1.92. The number of aromatic nitrogens is 2. The van der Waals surface area contributed by atoms with Gasteiger partial charge in [-0.3, -0.25) is 4.79 Å². The first-order valence-electron chi connectivity index (χ1n) is 5.44. The third kappa shape index (κ3) is 2.03. The molecule has 1 aromatic heterocycles. The van der Waals surface area contributed by atoms with E-state index in [2.05, 4.69) is 10.1 Å². The monoisotopic (exact) mass is 264 g/mol. The fraction of sp³-hybridized carbons (Fsp3) is 0.250. The molecule has 1 saturated heterocycles. The molecule has 0 amide bonds. The van der Waals surface area contributed by atoms with Crippen LogP contribution < -0.4 is 0 Å². The zero-order chi connectivity index (χ0) is 12.5. The molecule has 1 unspecified atom stereocenters. The van der Waals surface area contributed by atoms with Crippen LogP contribution in [0.5, 0.6) is 0 Å². The summed E-state index contributed by atoms with van der Waals surface area (Å²) in [4.78, 5) is 15.7. The largest absolute Gasteiger partial charge is 0.338 e. The lowest BCUT2D eigenvalue weighted by atomic mass is 10.1. The zero-order valence-corrected chi connectivity index (χ0v) is 10.1. The summed E-state index contributed by atoms with van der Waals surface area (Å²) in [6.45, 7) is 0. The number of carbonyl (C=O) groups is 1. The maximum Gasteiger partial charge on any atom is 0.238 e. The molecule has 1 aromatic carbocycles. The van der Waals surface area contributed by atoms with Gasteiger partial charge >= 0.3 is 0 Å². The van der Waals surface area contributed by atoms with Gasteiger partial charge in [-0.2, -0.15) is 16.7 Å². The number of nitrogens with zero attached hydrogens (tertiary/aromatic N) is 2. The van der Waals surface area contributed by atoms with E-state index < -0.39 is 0 Å². The van der Waals surface area contributed by atoms with Crippen LogP contribution in [0.15, 0.2) is 28.8 Å². The van der Waals surface area contributed by atoms with Crippen LogP contribution in [0.25, 0.3) is 11.4 Å². The minimum absolute atomic E-state index is 0.106. The van der Waals surface area contributed by atoms with Gasteiger partial charge < -0.3 is 4.52 Å². The molecular formula is C12H9FN2O2S. The predicted octanol–water partition coefficient (Wildman–Crippen LogP) is 2.28. The van der Waals surface area contributed by atoms with Gasteiger partial charge in [-0.15, -0.1) is 0 Å². The number of halogens is 1. The standard InChI is InChI=1S/C12H9FN2O2S/c13-8-3-1-2-7(4-8)11-14-12(17-15-11)9-5-18-6-10(9)16/h1-4,9H,5-6H2. The van der Waals surface area contributed by atoms with Gasteiger partial charge in [0.05, 0.1) is 5.75 Å². The molecule has 3 rings (SSSR count). The highest BCUT2D eigenvalue weighted by molar-refractivity contribution is 8.00. The summed E-state index contributed by atoms with van der Waals surface area (Å²) >= 11 is 1.56. The van der Waals surface area contributed by atoms with Crippen molar-refractivity contribution in [1.29, 1.82) is 0 Å². The Morgan fingerprint density at radius 3 is 3.06 bits per heavy atom. The molecule has 6 heteroatoms. The van der Waals surface area contributed by atoms with Gasteiger partial charge in [-0.1, -0.05) is 17.3 Å². The molecule has 0 N–H and O–H groups in total. The summed E-state index contributed by atoms with van der Waals surface area (Å²) in [5, 5.41) is 3.79. The average molecular weight is 264 g/mol. The third-order valence-corrected chi connectivity index (χ3v) is 3.80. The van der Waals surface area contributed by atoms with E-state index >= 15 is 0 Å². The average Bonchev–Trinajstić information content (AvgIpc) is 2.97. The van der Waals surface area contributed by atoms with Crippen molar-refractivity contribution in [2.75, 3.05) is 11.5 Å². The van der Waals surface area contributed by atoms with E-state index in [9.17, 15) is 9.18 Å². The van der Waals surface area contributed by atoms with E-state index in [1.807, 2.05) is 0 Å². The molecule has 18 heavy (non-hydrogen) atoms. The molecule has 1 aliphatic heterocycles. The van der Waals surface area contributed by atoms with E-state index in [-0.39, 0.29) is 17.5 Å². The van der Waals surface area contributed by atoms with Crippen molar-refractivity contribution in [2.45, 2.75) is 5.92 Å². The molecule has 0 spiro atoms. The van der Waals surface area contributed by atoms with Crippen LogP contribution in [-0.4, -0.2) is 27.4 Å². The number of thioether (sulfide) groups is 1. The minimum atomic E-state index is -0.355. The fourth-order valence-corrected chi connectivity index (χ4v) is 2.89. The Hall–Kier alpha value is -1.69. The van der Waals surface area contributed by atoms with Gasteiger partial charge in [-0.25, -0.2) is 4.39 Å². The van der Waals surface area contributed by atoms with Gasteiger partial charge in [0.25, 0.3) is 0 Å². The summed E-state index contributed by atoms with van der Waals surface area (Å²) in [5.41, 5.74) is 0.545. The van der Waals surface area contributed by atoms with E-state index in [0.29, 0.717) is 28.8 Å². The minimum Gasteiger partial charge on any atom is -0.338 e. The Morgan fingerprint density at radius 2 is 2.33 bits per heavy atom. The van der Waals surface area contributed by atoms with Crippen LogP contribution in [-0.2, 0) is 4.79 Å². The molecular weight excluding hydrogens is 255 g/mol. The normalized spacial score (nSPS) is 19.4. The van der Waals surface area contributed by atoms with Crippen LogP contribution >= 0.6 is 11.8 Å². The number of ketones is 1. The van der Waals surface area contributed by atoms with Crippen molar-refractivity contribution in [3.63, 3.8) is 0 Å². The number of Topliss-reactive ketones (excluding diaryl/α,β-unsaturated/α-hetero) is 1. The second-order valence-electron chi connectivity index (χ2n) is 4.00. The van der Waals surface area contributed by atoms with Gasteiger partial charge in [0, 0.05) is 11.3 Å². The van der Waals surface area contributed by atoms with Crippen LogP contribution in [0.1, 0.15) is 11.8 Å². The van der Waals surface area contributed by atoms with Crippen molar-refractivity contribution >= 4 is 17.5 Å². The van der Waals surface area contributed by atoms with E-state index in [1.54, 1.807) is 23.9 Å². The van der Waals surface area contributed by atoms with Crippen molar-refractivity contribution in [2.24, 2.45) is 0 Å². The highest BCUT2D eigenvalue weighted by atomic mass is 32.2. The van der Waals surface area contributed by atoms with Crippen LogP contribution in [0.2, 0.25) is 0 Å². The Labute approximate surface area is 107 Å². The fourth-order valence-electron chi connectivity index (χ4n) is 1.80. The van der Waals surface area contributed by atoms with Gasteiger partial charge in [0.15, 0.2) is 5.78 Å². The van der Waals surface area contributed by atoms with E-state index in [0.717, 1.165) is 0 Å². The summed E-state index contributed by atoms with van der Waals surface area (Å²) < 4.78 is 18.2.